The third-order valence-corrected chi connectivity index (χ3v) is 4.09. The standard InChI is InChI=1S/C20H23N5/c1-3-15-8-10-17(11-9-15)25-20-18(21)19(23-13-24-20)22-12-16-6-4-14(2)5-7-16/h4-11,13H,3,12,21H2,1-2H3,(H2,22,23,24,25). The van der Waals surface area contributed by atoms with Gasteiger partial charge in [-0.25, -0.2) is 9.97 Å². The number of nitrogens with one attached hydrogen (secondary N) is 2. The van der Waals surface area contributed by atoms with Gasteiger partial charge in [-0.1, -0.05) is 48.9 Å². The molecule has 1 aromatic heterocycles. The van der Waals surface area contributed by atoms with Crippen LogP contribution in [0, 0.1) is 6.92 Å². The van der Waals surface area contributed by atoms with Crippen molar-refractivity contribution < 1.29 is 0 Å². The van der Waals surface area contributed by atoms with E-state index in [4.69, 9.17) is 5.73 Å². The maximum absolute atomic E-state index is 6.23. The lowest BCUT2D eigenvalue weighted by molar-refractivity contribution is 1.08. The fourth-order valence-corrected chi connectivity index (χ4v) is 2.49. The number of hydrogen-bond acceptors (Lipinski definition) is 5. The summed E-state index contributed by atoms with van der Waals surface area (Å²) in [4.78, 5) is 8.51. The number of hydrogen-bond donors (Lipinski definition) is 3. The minimum atomic E-state index is 0.508. The van der Waals surface area contributed by atoms with Gasteiger partial charge < -0.3 is 16.4 Å². The molecule has 5 heteroatoms. The second-order valence-corrected chi connectivity index (χ2v) is 6.00. The summed E-state index contributed by atoms with van der Waals surface area (Å²) in [6, 6.07) is 16.6. The summed E-state index contributed by atoms with van der Waals surface area (Å²) in [6.45, 7) is 4.87. The third-order valence-electron chi connectivity index (χ3n) is 4.09. The Hall–Kier alpha value is -3.08. The van der Waals surface area contributed by atoms with Gasteiger partial charge in [0, 0.05) is 12.2 Å². The summed E-state index contributed by atoms with van der Waals surface area (Å²) in [7, 11) is 0. The predicted octanol–water partition coefficient (Wildman–Crippen LogP) is 4.29. The molecule has 0 amide bonds. The number of aryl methyl sites for hydroxylation is 2. The molecule has 2 aromatic carbocycles. The minimum absolute atomic E-state index is 0.508. The van der Waals surface area contributed by atoms with Crippen LogP contribution in [0.5, 0.6) is 0 Å². The zero-order valence-corrected chi connectivity index (χ0v) is 14.6. The fraction of sp³-hybridized carbons (Fsp3) is 0.200. The lowest BCUT2D eigenvalue weighted by Gasteiger charge is -2.13. The maximum Gasteiger partial charge on any atom is 0.159 e. The van der Waals surface area contributed by atoms with Crippen LogP contribution in [0.4, 0.5) is 23.0 Å². The number of rotatable bonds is 6. The van der Waals surface area contributed by atoms with E-state index in [0.717, 1.165) is 12.1 Å². The SMILES string of the molecule is CCc1ccc(Nc2ncnc(NCc3ccc(C)cc3)c2N)cc1. The van der Waals surface area contributed by atoms with E-state index in [1.54, 1.807) is 0 Å². The van der Waals surface area contributed by atoms with Crippen molar-refractivity contribution in [1.82, 2.24) is 9.97 Å². The molecular formula is C20H23N5. The van der Waals surface area contributed by atoms with Gasteiger partial charge in [0.15, 0.2) is 11.6 Å². The fourth-order valence-electron chi connectivity index (χ4n) is 2.49. The molecule has 0 aliphatic carbocycles. The van der Waals surface area contributed by atoms with Crippen LogP contribution >= 0.6 is 0 Å². The van der Waals surface area contributed by atoms with Gasteiger partial charge in [-0.05, 0) is 36.6 Å². The average molecular weight is 333 g/mol. The van der Waals surface area contributed by atoms with Gasteiger partial charge in [0.25, 0.3) is 0 Å². The van der Waals surface area contributed by atoms with E-state index in [1.807, 2.05) is 12.1 Å². The van der Waals surface area contributed by atoms with Gasteiger partial charge in [0.1, 0.15) is 12.0 Å². The van der Waals surface area contributed by atoms with Crippen LogP contribution in [0.25, 0.3) is 0 Å². The van der Waals surface area contributed by atoms with E-state index in [-0.39, 0.29) is 0 Å². The van der Waals surface area contributed by atoms with Crippen molar-refractivity contribution in [1.29, 1.82) is 0 Å². The predicted molar refractivity (Wildman–Crippen MR) is 104 cm³/mol. The highest BCUT2D eigenvalue weighted by molar-refractivity contribution is 5.77. The minimum Gasteiger partial charge on any atom is -0.393 e. The number of nitrogen functional groups attached to an aromatic ring is 1. The highest BCUT2D eigenvalue weighted by Gasteiger charge is 2.08. The molecular weight excluding hydrogens is 310 g/mol. The molecule has 3 aromatic rings. The third kappa shape index (κ3) is 4.26. The van der Waals surface area contributed by atoms with Crippen molar-refractivity contribution in [3.8, 4) is 0 Å². The van der Waals surface area contributed by atoms with Crippen molar-refractivity contribution in [3.63, 3.8) is 0 Å². The number of benzene rings is 2. The first-order valence-electron chi connectivity index (χ1n) is 8.41. The Bertz CT molecular complexity index is 826. The van der Waals surface area contributed by atoms with E-state index in [1.165, 1.54) is 23.0 Å². The Kier molecular flexibility index (Phi) is 5.14. The molecule has 0 bridgehead atoms. The second kappa shape index (κ2) is 7.66. The first-order valence-corrected chi connectivity index (χ1v) is 8.41. The van der Waals surface area contributed by atoms with E-state index in [0.29, 0.717) is 23.9 Å². The van der Waals surface area contributed by atoms with Crippen LogP contribution < -0.4 is 16.4 Å². The van der Waals surface area contributed by atoms with Crippen LogP contribution in [-0.4, -0.2) is 9.97 Å². The zero-order chi connectivity index (χ0) is 17.6. The largest absolute Gasteiger partial charge is 0.393 e. The molecule has 0 saturated heterocycles. The molecule has 5 nitrogen and oxygen atoms in total. The van der Waals surface area contributed by atoms with E-state index in [2.05, 4.69) is 70.8 Å². The molecule has 0 fully saturated rings. The van der Waals surface area contributed by atoms with Crippen LogP contribution in [0.3, 0.4) is 0 Å². The molecule has 1 heterocycles. The van der Waals surface area contributed by atoms with Gasteiger partial charge in [0.05, 0.1) is 0 Å². The van der Waals surface area contributed by atoms with Crippen molar-refractivity contribution >= 4 is 23.0 Å². The Morgan fingerprint density at radius 2 is 1.52 bits per heavy atom. The van der Waals surface area contributed by atoms with Crippen LogP contribution in [0.2, 0.25) is 0 Å². The maximum atomic E-state index is 6.23. The Morgan fingerprint density at radius 3 is 2.20 bits per heavy atom. The summed E-state index contributed by atoms with van der Waals surface area (Å²) in [5, 5.41) is 6.53. The highest BCUT2D eigenvalue weighted by atomic mass is 15.1. The molecule has 4 N–H and O–H groups in total. The molecule has 25 heavy (non-hydrogen) atoms. The van der Waals surface area contributed by atoms with Crippen molar-refractivity contribution in [2.45, 2.75) is 26.8 Å². The first kappa shape index (κ1) is 16.8. The van der Waals surface area contributed by atoms with Gasteiger partial charge in [-0.15, -0.1) is 0 Å². The molecule has 0 spiro atoms. The van der Waals surface area contributed by atoms with E-state index in [9.17, 15) is 0 Å². The number of nitrogens with two attached hydrogens (primary N) is 1. The monoisotopic (exact) mass is 333 g/mol. The smallest absolute Gasteiger partial charge is 0.159 e. The van der Waals surface area contributed by atoms with Crippen LogP contribution in [0.1, 0.15) is 23.6 Å². The molecule has 128 valence electrons. The number of anilines is 4. The van der Waals surface area contributed by atoms with Crippen molar-refractivity contribution in [3.05, 3.63) is 71.5 Å². The molecule has 3 rings (SSSR count). The Morgan fingerprint density at radius 1 is 0.880 bits per heavy atom. The number of nitrogens with zero attached hydrogens (tertiary/aromatic N) is 2. The summed E-state index contributed by atoms with van der Waals surface area (Å²) in [5.41, 5.74) is 11.4. The quantitative estimate of drug-likeness (QED) is 0.627. The highest BCUT2D eigenvalue weighted by Crippen LogP contribution is 2.26. The van der Waals surface area contributed by atoms with Gasteiger partial charge in [0.2, 0.25) is 0 Å². The zero-order valence-electron chi connectivity index (χ0n) is 14.6. The molecule has 0 radical (unpaired) electrons. The molecule has 0 atom stereocenters. The molecule has 0 saturated carbocycles. The van der Waals surface area contributed by atoms with Gasteiger partial charge in [-0.3, -0.25) is 0 Å². The summed E-state index contributed by atoms with van der Waals surface area (Å²) in [6.07, 6.45) is 2.53. The average Bonchev–Trinajstić information content (AvgIpc) is 2.64. The lowest BCUT2D eigenvalue weighted by Crippen LogP contribution is -2.08. The lowest BCUT2D eigenvalue weighted by atomic mass is 10.1. The van der Waals surface area contributed by atoms with E-state index < -0.39 is 0 Å². The topological polar surface area (TPSA) is 75.9 Å². The molecule has 0 unspecified atom stereocenters. The van der Waals surface area contributed by atoms with Crippen molar-refractivity contribution in [2.24, 2.45) is 0 Å². The summed E-state index contributed by atoms with van der Waals surface area (Å²) < 4.78 is 0. The summed E-state index contributed by atoms with van der Waals surface area (Å²) in [5.74, 6) is 1.23. The number of aromatic nitrogens is 2. The van der Waals surface area contributed by atoms with Crippen LogP contribution in [0.15, 0.2) is 54.9 Å². The Labute approximate surface area is 148 Å². The first-order chi connectivity index (χ1) is 12.2. The van der Waals surface area contributed by atoms with Gasteiger partial charge >= 0.3 is 0 Å². The normalized spacial score (nSPS) is 10.5. The molecule has 0 aliphatic heterocycles. The van der Waals surface area contributed by atoms with E-state index >= 15 is 0 Å². The molecule has 0 aliphatic rings. The summed E-state index contributed by atoms with van der Waals surface area (Å²) >= 11 is 0. The van der Waals surface area contributed by atoms with Crippen LogP contribution in [-0.2, 0) is 13.0 Å². The Balaban J connectivity index is 1.71. The van der Waals surface area contributed by atoms with Gasteiger partial charge in [-0.2, -0.15) is 0 Å². The second-order valence-electron chi connectivity index (χ2n) is 6.00. The van der Waals surface area contributed by atoms with Crippen molar-refractivity contribution in [2.75, 3.05) is 16.4 Å².